The molecule has 1 unspecified atom stereocenters. The van der Waals surface area contributed by atoms with Crippen LogP contribution >= 0.6 is 7.82 Å². The Balaban J connectivity index is 1.60. The van der Waals surface area contributed by atoms with Crippen molar-refractivity contribution in [1.82, 2.24) is 28.9 Å². The zero-order chi connectivity index (χ0) is 31.8. The normalized spacial score (nSPS) is 15.8. The number of hydrogen-bond donors (Lipinski definition) is 3. The number of rotatable bonds is 10. The van der Waals surface area contributed by atoms with E-state index in [1.807, 2.05) is 6.92 Å². The van der Waals surface area contributed by atoms with Crippen LogP contribution in [0.4, 0.5) is 23.9 Å². The summed E-state index contributed by atoms with van der Waals surface area (Å²) in [4.78, 5) is 54.5. The standard InChI is InChI=1S/C25H27F3N7O8P/c1-2-8-34-22(36)19-20(31-23(34)33-9-4-7-18(33)43-24(37)38)30-21(35(19)14-42-44(39,40)41)16-11-29-32(13-16)12-15-5-3-6-17(10-15)25(26,27)28/h3,5-6,10-11,13,18H,2,4,7-9,12,14H2,1H3,(H,37,38)(H2,39,40,41). The van der Waals surface area contributed by atoms with Crippen LogP contribution in [0.1, 0.15) is 37.3 Å². The Morgan fingerprint density at radius 1 is 1.20 bits per heavy atom. The second-order valence-electron chi connectivity index (χ2n) is 9.95. The number of imidazole rings is 1. The van der Waals surface area contributed by atoms with Gasteiger partial charge in [-0.05, 0) is 30.5 Å². The number of carboxylic acid groups (broad SMARTS) is 1. The number of halogens is 3. The monoisotopic (exact) mass is 641 g/mol. The predicted octanol–water partition coefficient (Wildman–Crippen LogP) is 3.62. The summed E-state index contributed by atoms with van der Waals surface area (Å²) in [6.45, 7) is 1.48. The van der Waals surface area contributed by atoms with Crippen molar-refractivity contribution in [3.8, 4) is 11.4 Å². The molecule has 1 fully saturated rings. The molecule has 0 radical (unpaired) electrons. The lowest BCUT2D eigenvalue weighted by Gasteiger charge is -2.26. The summed E-state index contributed by atoms with van der Waals surface area (Å²) >= 11 is 0. The molecule has 0 spiro atoms. The van der Waals surface area contributed by atoms with E-state index < -0.39 is 44.2 Å². The van der Waals surface area contributed by atoms with Crippen molar-refractivity contribution in [2.24, 2.45) is 0 Å². The molecule has 0 bridgehead atoms. The van der Waals surface area contributed by atoms with Crippen molar-refractivity contribution in [2.45, 2.75) is 58.4 Å². The number of phosphoric acid groups is 1. The van der Waals surface area contributed by atoms with Crippen LogP contribution in [0.2, 0.25) is 0 Å². The fraction of sp³-hybridized carbons (Fsp3) is 0.400. The van der Waals surface area contributed by atoms with Crippen molar-refractivity contribution < 1.29 is 46.7 Å². The van der Waals surface area contributed by atoms with E-state index in [-0.39, 0.29) is 41.6 Å². The summed E-state index contributed by atoms with van der Waals surface area (Å²) in [6, 6.07) is 4.72. The van der Waals surface area contributed by atoms with Crippen LogP contribution in [0.15, 0.2) is 41.5 Å². The maximum atomic E-state index is 13.9. The molecule has 4 aromatic rings. The Labute approximate surface area is 246 Å². The predicted molar refractivity (Wildman–Crippen MR) is 146 cm³/mol. The Bertz CT molecular complexity index is 1800. The van der Waals surface area contributed by atoms with Crippen LogP contribution in [0.3, 0.4) is 0 Å². The van der Waals surface area contributed by atoms with E-state index in [4.69, 9.17) is 9.26 Å². The first-order valence-electron chi connectivity index (χ1n) is 13.3. The molecule has 3 aromatic heterocycles. The molecule has 1 saturated heterocycles. The first-order valence-corrected chi connectivity index (χ1v) is 14.8. The van der Waals surface area contributed by atoms with Gasteiger partial charge in [0.2, 0.25) is 5.95 Å². The van der Waals surface area contributed by atoms with E-state index in [1.54, 1.807) is 4.90 Å². The van der Waals surface area contributed by atoms with Gasteiger partial charge in [-0.15, -0.1) is 0 Å². The Hall–Kier alpha value is -4.25. The summed E-state index contributed by atoms with van der Waals surface area (Å²) in [7, 11) is -5.01. The molecule has 19 heteroatoms. The number of phosphoric ester groups is 1. The van der Waals surface area contributed by atoms with E-state index in [1.165, 1.54) is 33.8 Å². The fourth-order valence-electron chi connectivity index (χ4n) is 5.03. The highest BCUT2D eigenvalue weighted by atomic mass is 31.2. The molecule has 3 N–H and O–H groups in total. The van der Waals surface area contributed by atoms with Gasteiger partial charge in [0.1, 0.15) is 12.6 Å². The number of ether oxygens (including phenoxy) is 1. The molecule has 0 amide bonds. The van der Waals surface area contributed by atoms with E-state index in [2.05, 4.69) is 15.1 Å². The van der Waals surface area contributed by atoms with Gasteiger partial charge < -0.3 is 24.5 Å². The van der Waals surface area contributed by atoms with Crippen molar-refractivity contribution in [3.63, 3.8) is 0 Å². The van der Waals surface area contributed by atoms with Crippen LogP contribution in [0, 0.1) is 0 Å². The van der Waals surface area contributed by atoms with Gasteiger partial charge in [-0.2, -0.15) is 23.3 Å². The minimum atomic E-state index is -5.01. The number of fused-ring (bicyclic) bond motifs is 1. The van der Waals surface area contributed by atoms with Crippen LogP contribution in [0.5, 0.6) is 0 Å². The fourth-order valence-corrected chi connectivity index (χ4v) is 5.29. The van der Waals surface area contributed by atoms with Gasteiger partial charge in [0.05, 0.1) is 23.9 Å². The minimum Gasteiger partial charge on any atom is -0.450 e. The van der Waals surface area contributed by atoms with Crippen LogP contribution in [-0.2, 0) is 39.8 Å². The molecule has 1 aromatic carbocycles. The summed E-state index contributed by atoms with van der Waals surface area (Å²) < 4.78 is 64.6. The molecule has 0 aliphatic carbocycles. The summed E-state index contributed by atoms with van der Waals surface area (Å²) in [5.74, 6) is 0.105. The average molecular weight is 642 g/mol. The number of alkyl halides is 3. The molecular formula is C25H27F3N7O8P. The van der Waals surface area contributed by atoms with Gasteiger partial charge in [0.15, 0.2) is 17.4 Å². The molecule has 0 saturated carbocycles. The molecule has 5 rings (SSSR count). The highest BCUT2D eigenvalue weighted by Gasteiger charge is 2.33. The van der Waals surface area contributed by atoms with Crippen molar-refractivity contribution >= 4 is 31.1 Å². The maximum absolute atomic E-state index is 13.9. The number of nitrogens with zero attached hydrogens (tertiary/aromatic N) is 7. The quantitative estimate of drug-likeness (QED) is 0.169. The highest BCUT2D eigenvalue weighted by molar-refractivity contribution is 7.46. The third-order valence-electron chi connectivity index (χ3n) is 6.83. The van der Waals surface area contributed by atoms with E-state index >= 15 is 0 Å². The SMILES string of the molecule is CCCn1c(N2CCCC2OC(=O)O)nc2nc(-c3cnn(Cc4cccc(C(F)(F)F)c4)c3)n(COP(=O)(O)O)c2c1=O. The largest absolute Gasteiger partial charge is 0.507 e. The van der Waals surface area contributed by atoms with E-state index in [9.17, 15) is 42.2 Å². The van der Waals surface area contributed by atoms with Crippen LogP contribution in [-0.4, -0.2) is 62.7 Å². The molecule has 1 aliphatic heterocycles. The molecule has 15 nitrogen and oxygen atoms in total. The van der Waals surface area contributed by atoms with Gasteiger partial charge in [0.25, 0.3) is 5.56 Å². The lowest BCUT2D eigenvalue weighted by molar-refractivity contribution is -0.137. The Kier molecular flexibility index (Phi) is 8.53. The van der Waals surface area contributed by atoms with Crippen LogP contribution in [0.25, 0.3) is 22.6 Å². The molecule has 44 heavy (non-hydrogen) atoms. The highest BCUT2D eigenvalue weighted by Crippen LogP contribution is 2.37. The Morgan fingerprint density at radius 2 is 1.98 bits per heavy atom. The van der Waals surface area contributed by atoms with E-state index in [0.29, 0.717) is 31.4 Å². The number of anilines is 1. The van der Waals surface area contributed by atoms with E-state index in [0.717, 1.165) is 16.7 Å². The third kappa shape index (κ3) is 6.62. The van der Waals surface area contributed by atoms with Crippen LogP contribution < -0.4 is 10.5 Å². The molecule has 4 heterocycles. The molecular weight excluding hydrogens is 614 g/mol. The molecule has 1 aliphatic rings. The summed E-state index contributed by atoms with van der Waals surface area (Å²) in [5, 5.41) is 13.4. The topological polar surface area (TPSA) is 187 Å². The van der Waals surface area contributed by atoms with Crippen molar-refractivity contribution in [3.05, 3.63) is 58.1 Å². The van der Waals surface area contributed by atoms with Gasteiger partial charge >= 0.3 is 20.2 Å². The van der Waals surface area contributed by atoms with Gasteiger partial charge in [0, 0.05) is 25.7 Å². The first-order chi connectivity index (χ1) is 20.7. The van der Waals surface area contributed by atoms with Crippen molar-refractivity contribution in [1.29, 1.82) is 0 Å². The zero-order valence-electron chi connectivity index (χ0n) is 23.1. The number of carbonyl (C=O) groups is 1. The first kappa shape index (κ1) is 31.2. The number of aromatic nitrogens is 6. The van der Waals surface area contributed by atoms with Crippen molar-refractivity contribution in [2.75, 3.05) is 11.4 Å². The smallest absolute Gasteiger partial charge is 0.450 e. The minimum absolute atomic E-state index is 0.00620. The van der Waals surface area contributed by atoms with Gasteiger partial charge in [-0.3, -0.25) is 23.1 Å². The molecule has 236 valence electrons. The van der Waals surface area contributed by atoms with Gasteiger partial charge in [-0.25, -0.2) is 14.3 Å². The Morgan fingerprint density at radius 3 is 2.66 bits per heavy atom. The second-order valence-corrected chi connectivity index (χ2v) is 11.2. The average Bonchev–Trinajstić information content (AvgIpc) is 3.67. The maximum Gasteiger partial charge on any atom is 0.507 e. The molecule has 1 atom stereocenters. The third-order valence-corrected chi connectivity index (χ3v) is 7.28. The summed E-state index contributed by atoms with van der Waals surface area (Å²) in [6.07, 6.45) is -2.72. The lowest BCUT2D eigenvalue weighted by Crippen LogP contribution is -2.39. The lowest BCUT2D eigenvalue weighted by atomic mass is 10.1. The number of hydrogen-bond acceptors (Lipinski definition) is 9. The second kappa shape index (κ2) is 12.0. The van der Waals surface area contributed by atoms with Gasteiger partial charge in [-0.1, -0.05) is 19.1 Å². The number of benzene rings is 1. The zero-order valence-corrected chi connectivity index (χ0v) is 24.0. The summed E-state index contributed by atoms with van der Waals surface area (Å²) in [5.41, 5.74) is -1.15.